The van der Waals surface area contributed by atoms with Crippen molar-refractivity contribution in [1.82, 2.24) is 14.9 Å². The van der Waals surface area contributed by atoms with E-state index < -0.39 is 54.7 Å². The number of fused-ring (bicyclic) bond motifs is 2. The average Bonchev–Trinajstić information content (AvgIpc) is 3.59. The molecule has 1 aromatic heterocycles. The third-order valence-electron chi connectivity index (χ3n) is 7.18. The lowest BCUT2D eigenvalue weighted by Crippen LogP contribution is -2.45. The first-order valence-corrected chi connectivity index (χ1v) is 12.6. The highest BCUT2D eigenvalue weighted by Crippen LogP contribution is 2.48. The predicted molar refractivity (Wildman–Crippen MR) is 131 cm³/mol. The molecule has 1 fully saturated rings. The molecule has 3 aliphatic heterocycles. The van der Waals surface area contributed by atoms with E-state index in [4.69, 9.17) is 14.9 Å². The van der Waals surface area contributed by atoms with E-state index >= 15 is 0 Å². The van der Waals surface area contributed by atoms with Crippen LogP contribution in [-0.4, -0.2) is 64.9 Å². The van der Waals surface area contributed by atoms with Gasteiger partial charge in [0, 0.05) is 24.6 Å². The quantitative estimate of drug-likeness (QED) is 0.288. The van der Waals surface area contributed by atoms with Gasteiger partial charge in [0.05, 0.1) is 23.3 Å². The van der Waals surface area contributed by atoms with Crippen LogP contribution >= 0.6 is 0 Å². The molecule has 16 heteroatoms. The number of nitrogens with zero attached hydrogens (tertiary/aromatic N) is 4. The number of hydrogen-bond donors (Lipinski definition) is 2. The molecule has 1 saturated heterocycles. The number of nitrogens with one attached hydrogen (secondary N) is 2. The summed E-state index contributed by atoms with van der Waals surface area (Å²) in [5.41, 5.74) is -0.880. The summed E-state index contributed by atoms with van der Waals surface area (Å²) >= 11 is 0. The summed E-state index contributed by atoms with van der Waals surface area (Å²) in [6.07, 6.45) is -8.91. The molecule has 0 saturated carbocycles. The van der Waals surface area contributed by atoms with E-state index in [1.807, 2.05) is 0 Å². The Kier molecular flexibility index (Phi) is 6.93. The lowest BCUT2D eigenvalue weighted by Gasteiger charge is -2.27. The maximum atomic E-state index is 14.8. The molecular formula is C25H25F7N6O3. The lowest BCUT2D eigenvalue weighted by atomic mass is 9.87. The van der Waals surface area contributed by atoms with Crippen molar-refractivity contribution in [3.63, 3.8) is 0 Å². The zero-order chi connectivity index (χ0) is 29.9. The molecular weight excluding hydrogens is 565 g/mol. The van der Waals surface area contributed by atoms with Crippen LogP contribution in [0.4, 0.5) is 48.1 Å². The molecule has 4 heterocycles. The lowest BCUT2D eigenvalue weighted by molar-refractivity contribution is -0.169. The standard InChI is InChI=1S/C25H25F7N6O3/c1-23(2)17-19(34-11-24(27,28)29)35-16(10-41-22(33)37-6-3-4-15(37)25(30,31)32)36-20(17)38(21(23)39)13-8-12-5-7-40-18(12)14(26)9-13/h8-9,15,33H,3-7,10-11H2,1-2H3,(H,34,35,36)/t15-/m1/s1. The van der Waals surface area contributed by atoms with Crippen LogP contribution < -0.4 is 15.0 Å². The molecule has 0 radical (unpaired) electrons. The number of amides is 1. The van der Waals surface area contributed by atoms with Crippen LogP contribution in [0.2, 0.25) is 0 Å². The van der Waals surface area contributed by atoms with Gasteiger partial charge >= 0.3 is 12.4 Å². The second-order valence-corrected chi connectivity index (χ2v) is 10.4. The Balaban J connectivity index is 1.52. The number of alkyl halides is 6. The summed E-state index contributed by atoms with van der Waals surface area (Å²) < 4.78 is 105. The van der Waals surface area contributed by atoms with Gasteiger partial charge in [0.25, 0.3) is 6.02 Å². The second-order valence-electron chi connectivity index (χ2n) is 10.4. The first-order valence-electron chi connectivity index (χ1n) is 12.6. The van der Waals surface area contributed by atoms with Gasteiger partial charge in [0.15, 0.2) is 24.0 Å². The number of aromatic nitrogens is 2. The second kappa shape index (κ2) is 9.91. The number of carbonyl (C=O) groups excluding carboxylic acids is 1. The Morgan fingerprint density at radius 1 is 1.22 bits per heavy atom. The average molecular weight is 591 g/mol. The minimum absolute atomic E-state index is 0.0133. The van der Waals surface area contributed by atoms with E-state index in [1.54, 1.807) is 0 Å². The van der Waals surface area contributed by atoms with Crippen LogP contribution in [-0.2, 0) is 28.0 Å². The van der Waals surface area contributed by atoms with Crippen LogP contribution in [0, 0.1) is 11.2 Å². The van der Waals surface area contributed by atoms with Gasteiger partial charge in [-0.05, 0) is 32.8 Å². The molecule has 0 bridgehead atoms. The molecule has 0 aliphatic carbocycles. The van der Waals surface area contributed by atoms with Gasteiger partial charge in [0.2, 0.25) is 5.91 Å². The number of carbonyl (C=O) groups is 1. The zero-order valence-corrected chi connectivity index (χ0v) is 21.8. The van der Waals surface area contributed by atoms with Crippen molar-refractivity contribution in [2.75, 3.05) is 29.9 Å². The fourth-order valence-electron chi connectivity index (χ4n) is 5.27. The fraction of sp³-hybridized carbons (Fsp3) is 0.520. The molecule has 0 spiro atoms. The number of halogens is 7. The molecule has 41 heavy (non-hydrogen) atoms. The number of amidine groups is 1. The zero-order valence-electron chi connectivity index (χ0n) is 21.8. The van der Waals surface area contributed by atoms with Gasteiger partial charge in [0.1, 0.15) is 24.2 Å². The van der Waals surface area contributed by atoms with E-state index in [1.165, 1.54) is 19.9 Å². The van der Waals surface area contributed by atoms with Gasteiger partial charge in [-0.2, -0.15) is 26.3 Å². The number of likely N-dealkylation sites (tertiary alicyclic amines) is 1. The Labute approximate surface area is 229 Å². The molecule has 1 atom stereocenters. The number of benzene rings is 1. The first kappa shape index (κ1) is 28.7. The summed E-state index contributed by atoms with van der Waals surface area (Å²) in [6.45, 7) is 0.889. The molecule has 5 rings (SSSR count). The van der Waals surface area contributed by atoms with Gasteiger partial charge in [-0.25, -0.2) is 14.4 Å². The largest absolute Gasteiger partial charge is 0.490 e. The van der Waals surface area contributed by atoms with E-state index in [2.05, 4.69) is 15.3 Å². The SMILES string of the molecule is CC1(C)C(=O)N(c2cc(F)c3c(c2)CCO3)c2nc(COC(=N)N3CCC[C@@H]3C(F)(F)F)nc(NCC(F)(F)F)c21. The van der Waals surface area contributed by atoms with E-state index in [0.717, 1.165) is 15.9 Å². The number of ether oxygens (including phenoxy) is 2. The summed E-state index contributed by atoms with van der Waals surface area (Å²) in [4.78, 5) is 23.8. The first-order chi connectivity index (χ1) is 19.1. The molecule has 2 aromatic rings. The van der Waals surface area contributed by atoms with Gasteiger partial charge < -0.3 is 19.7 Å². The number of hydrogen-bond acceptors (Lipinski definition) is 7. The summed E-state index contributed by atoms with van der Waals surface area (Å²) in [5.74, 6) is -2.11. The van der Waals surface area contributed by atoms with E-state index in [9.17, 15) is 35.5 Å². The molecule has 222 valence electrons. The Hall–Kier alpha value is -3.85. The van der Waals surface area contributed by atoms with Gasteiger partial charge in [-0.15, -0.1) is 0 Å². The normalized spacial score (nSPS) is 19.7. The van der Waals surface area contributed by atoms with Crippen LogP contribution in [0.5, 0.6) is 5.75 Å². The van der Waals surface area contributed by atoms with Crippen LogP contribution in [0.3, 0.4) is 0 Å². The van der Waals surface area contributed by atoms with Crippen LogP contribution in [0.15, 0.2) is 12.1 Å². The van der Waals surface area contributed by atoms with Gasteiger partial charge in [-0.3, -0.25) is 15.1 Å². The van der Waals surface area contributed by atoms with Crippen molar-refractivity contribution >= 4 is 29.3 Å². The highest BCUT2D eigenvalue weighted by molar-refractivity contribution is 6.12. The third kappa shape index (κ3) is 5.30. The van der Waals surface area contributed by atoms with Crippen molar-refractivity contribution in [3.05, 3.63) is 34.9 Å². The van der Waals surface area contributed by atoms with Crippen LogP contribution in [0.25, 0.3) is 0 Å². The van der Waals surface area contributed by atoms with Crippen molar-refractivity contribution in [1.29, 1.82) is 5.41 Å². The number of rotatable bonds is 5. The van der Waals surface area contributed by atoms with E-state index in [-0.39, 0.29) is 60.5 Å². The molecule has 1 aromatic carbocycles. The van der Waals surface area contributed by atoms with Crippen LogP contribution in [0.1, 0.15) is 43.6 Å². The summed E-state index contributed by atoms with van der Waals surface area (Å²) in [7, 11) is 0. The minimum Gasteiger partial charge on any atom is -0.490 e. The predicted octanol–water partition coefficient (Wildman–Crippen LogP) is 4.96. The smallest absolute Gasteiger partial charge is 0.408 e. The van der Waals surface area contributed by atoms with Crippen molar-refractivity contribution in [2.45, 2.75) is 63.5 Å². The fourth-order valence-corrected chi connectivity index (χ4v) is 5.27. The maximum absolute atomic E-state index is 14.8. The third-order valence-corrected chi connectivity index (χ3v) is 7.18. The highest BCUT2D eigenvalue weighted by atomic mass is 19.4. The maximum Gasteiger partial charge on any atom is 0.408 e. The Bertz CT molecular complexity index is 1400. The number of anilines is 3. The summed E-state index contributed by atoms with van der Waals surface area (Å²) in [6, 6.07) is -0.134. The molecule has 9 nitrogen and oxygen atoms in total. The summed E-state index contributed by atoms with van der Waals surface area (Å²) in [5, 5.41) is 10.2. The van der Waals surface area contributed by atoms with Gasteiger partial charge in [-0.1, -0.05) is 0 Å². The van der Waals surface area contributed by atoms with Crippen molar-refractivity contribution in [3.8, 4) is 5.75 Å². The Morgan fingerprint density at radius 2 is 1.95 bits per heavy atom. The van der Waals surface area contributed by atoms with Crippen molar-refractivity contribution < 1.29 is 45.0 Å². The minimum atomic E-state index is -4.66. The molecule has 1 amide bonds. The molecule has 0 unspecified atom stereocenters. The van der Waals surface area contributed by atoms with Crippen molar-refractivity contribution in [2.24, 2.45) is 0 Å². The monoisotopic (exact) mass is 590 g/mol. The topological polar surface area (TPSA) is 104 Å². The van der Waals surface area contributed by atoms with E-state index in [0.29, 0.717) is 12.0 Å². The Morgan fingerprint density at radius 3 is 2.63 bits per heavy atom. The molecule has 3 aliphatic rings. The highest BCUT2D eigenvalue weighted by Gasteiger charge is 2.50. The molecule has 2 N–H and O–H groups in total.